The molecule has 0 spiro atoms. The van der Waals surface area contributed by atoms with Gasteiger partial charge in [0.25, 0.3) is 0 Å². The number of phenols is 1. The smallest absolute Gasteiger partial charge is 0.229 e. The number of fused-ring (bicyclic) bond motifs is 1. The molecule has 0 radical (unpaired) electrons. The molecule has 0 aliphatic carbocycles. The Kier molecular flexibility index (Phi) is 6.79. The van der Waals surface area contributed by atoms with E-state index in [2.05, 4.69) is 0 Å². The lowest BCUT2D eigenvalue weighted by molar-refractivity contribution is -0.277. The molecular weight excluding hydrogens is 551 g/mol. The summed E-state index contributed by atoms with van der Waals surface area (Å²) in [7, 11) is 1.53. The third kappa shape index (κ3) is 4.39. The highest BCUT2D eigenvalue weighted by atomic mass is 127. The SMILES string of the molecule is COc1ccc(-c2cc(=O)c3c(O)c(I)c(O[C@@H]4O[C@H](CO)[C@@H](O)[C@H](O)[C@H]4O)cc3o2)cc1. The molecule has 0 bridgehead atoms. The van der Waals surface area contributed by atoms with Crippen molar-refractivity contribution in [3.05, 3.63) is 50.2 Å². The van der Waals surface area contributed by atoms with Crippen molar-refractivity contribution in [3.63, 3.8) is 0 Å². The predicted octanol–water partition coefficient (Wildman–Crippen LogP) is 0.957. The van der Waals surface area contributed by atoms with Gasteiger partial charge >= 0.3 is 0 Å². The second-order valence-electron chi connectivity index (χ2n) is 7.43. The van der Waals surface area contributed by atoms with Crippen LogP contribution in [0.4, 0.5) is 0 Å². The quantitative estimate of drug-likeness (QED) is 0.279. The Morgan fingerprint density at radius 3 is 2.39 bits per heavy atom. The van der Waals surface area contributed by atoms with Crippen molar-refractivity contribution in [2.75, 3.05) is 13.7 Å². The minimum atomic E-state index is -1.64. The second kappa shape index (κ2) is 9.44. The number of aromatic hydroxyl groups is 1. The van der Waals surface area contributed by atoms with Crippen LogP contribution in [0.3, 0.4) is 0 Å². The minimum Gasteiger partial charge on any atom is -0.506 e. The summed E-state index contributed by atoms with van der Waals surface area (Å²) in [4.78, 5) is 12.7. The molecule has 1 aromatic heterocycles. The van der Waals surface area contributed by atoms with Gasteiger partial charge in [0.15, 0.2) is 5.43 Å². The number of phenolic OH excluding ortho intramolecular Hbond substituents is 1. The molecule has 2 heterocycles. The van der Waals surface area contributed by atoms with Gasteiger partial charge in [-0.15, -0.1) is 0 Å². The zero-order valence-corrected chi connectivity index (χ0v) is 19.4. The van der Waals surface area contributed by atoms with Crippen molar-refractivity contribution in [2.24, 2.45) is 0 Å². The molecule has 4 rings (SSSR count). The first-order chi connectivity index (χ1) is 15.7. The van der Waals surface area contributed by atoms with E-state index in [0.717, 1.165) is 0 Å². The maximum atomic E-state index is 12.7. The molecular formula is C22H21IO10. The van der Waals surface area contributed by atoms with Crippen molar-refractivity contribution >= 4 is 33.6 Å². The van der Waals surface area contributed by atoms with Crippen LogP contribution in [0.25, 0.3) is 22.3 Å². The third-order valence-corrected chi connectivity index (χ3v) is 6.41. The number of hydrogen-bond donors (Lipinski definition) is 5. The van der Waals surface area contributed by atoms with Crippen molar-refractivity contribution in [3.8, 4) is 28.6 Å². The van der Waals surface area contributed by atoms with E-state index >= 15 is 0 Å². The Morgan fingerprint density at radius 1 is 1.06 bits per heavy atom. The summed E-state index contributed by atoms with van der Waals surface area (Å²) >= 11 is 1.76. The van der Waals surface area contributed by atoms with Crippen LogP contribution < -0.4 is 14.9 Å². The lowest BCUT2D eigenvalue weighted by Gasteiger charge is -2.39. The second-order valence-corrected chi connectivity index (χ2v) is 8.51. The largest absolute Gasteiger partial charge is 0.506 e. The van der Waals surface area contributed by atoms with Gasteiger partial charge in [-0.2, -0.15) is 0 Å². The molecule has 0 saturated carbocycles. The van der Waals surface area contributed by atoms with Crippen molar-refractivity contribution in [1.82, 2.24) is 0 Å². The fraction of sp³-hybridized carbons (Fsp3) is 0.318. The van der Waals surface area contributed by atoms with Crippen LogP contribution in [0.2, 0.25) is 0 Å². The van der Waals surface area contributed by atoms with Gasteiger partial charge in [0.2, 0.25) is 6.29 Å². The summed E-state index contributed by atoms with van der Waals surface area (Å²) in [5, 5.41) is 50.1. The number of ether oxygens (including phenoxy) is 3. The fourth-order valence-corrected chi connectivity index (χ4v) is 4.08. The summed E-state index contributed by atoms with van der Waals surface area (Å²) in [5.74, 6) is 0.488. The lowest BCUT2D eigenvalue weighted by atomic mass is 9.99. The van der Waals surface area contributed by atoms with Gasteiger partial charge in [-0.1, -0.05) is 0 Å². The Morgan fingerprint density at radius 2 is 1.76 bits per heavy atom. The van der Waals surface area contributed by atoms with E-state index in [0.29, 0.717) is 11.3 Å². The van der Waals surface area contributed by atoms with Gasteiger partial charge in [-0.3, -0.25) is 4.79 Å². The summed E-state index contributed by atoms with van der Waals surface area (Å²) in [5.41, 5.74) is 0.145. The van der Waals surface area contributed by atoms with Gasteiger partial charge < -0.3 is 44.2 Å². The van der Waals surface area contributed by atoms with Crippen molar-refractivity contribution in [2.45, 2.75) is 30.7 Å². The molecule has 1 aliphatic heterocycles. The van der Waals surface area contributed by atoms with E-state index in [4.69, 9.17) is 18.6 Å². The maximum Gasteiger partial charge on any atom is 0.229 e. The number of halogens is 1. The van der Waals surface area contributed by atoms with Crippen LogP contribution >= 0.6 is 22.6 Å². The Labute approximate surface area is 200 Å². The average molecular weight is 572 g/mol. The summed E-state index contributed by atoms with van der Waals surface area (Å²) < 4.78 is 22.1. The molecule has 2 aromatic carbocycles. The Hall–Kier alpha value is -2.42. The highest BCUT2D eigenvalue weighted by Gasteiger charge is 2.45. The van der Waals surface area contributed by atoms with Gasteiger partial charge in [-0.05, 0) is 46.9 Å². The van der Waals surface area contributed by atoms with E-state index < -0.39 is 42.7 Å². The van der Waals surface area contributed by atoms with Gasteiger partial charge in [-0.25, -0.2) is 0 Å². The Bertz CT molecular complexity index is 1210. The van der Waals surface area contributed by atoms with Crippen LogP contribution in [0.15, 0.2) is 45.6 Å². The van der Waals surface area contributed by atoms with Gasteiger partial charge in [0.1, 0.15) is 58.4 Å². The Balaban J connectivity index is 1.75. The average Bonchev–Trinajstić information content (AvgIpc) is 2.82. The zero-order valence-electron chi connectivity index (χ0n) is 17.2. The molecule has 5 N–H and O–H groups in total. The molecule has 11 heteroatoms. The van der Waals surface area contributed by atoms with Gasteiger partial charge in [0.05, 0.1) is 17.3 Å². The van der Waals surface area contributed by atoms with Crippen LogP contribution in [-0.4, -0.2) is 70.0 Å². The van der Waals surface area contributed by atoms with Crippen LogP contribution in [0, 0.1) is 3.57 Å². The normalized spacial score (nSPS) is 25.2. The first-order valence-electron chi connectivity index (χ1n) is 9.86. The van der Waals surface area contributed by atoms with Crippen molar-refractivity contribution in [1.29, 1.82) is 0 Å². The third-order valence-electron chi connectivity index (χ3n) is 5.36. The first-order valence-corrected chi connectivity index (χ1v) is 10.9. The number of methoxy groups -OCH3 is 1. The van der Waals surface area contributed by atoms with Crippen LogP contribution in [0.1, 0.15) is 0 Å². The summed E-state index contributed by atoms with van der Waals surface area (Å²) in [6.07, 6.45) is -7.46. The van der Waals surface area contributed by atoms with E-state index in [1.807, 2.05) is 0 Å². The number of hydrogen-bond acceptors (Lipinski definition) is 10. The highest BCUT2D eigenvalue weighted by molar-refractivity contribution is 14.1. The number of aliphatic hydroxyl groups is 4. The number of aliphatic hydroxyl groups excluding tert-OH is 4. The number of benzene rings is 2. The maximum absolute atomic E-state index is 12.7. The van der Waals surface area contributed by atoms with Crippen molar-refractivity contribution < 1.29 is 44.2 Å². The summed E-state index contributed by atoms with van der Waals surface area (Å²) in [6.45, 7) is -0.620. The lowest BCUT2D eigenvalue weighted by Crippen LogP contribution is -2.60. The molecule has 33 heavy (non-hydrogen) atoms. The van der Waals surface area contributed by atoms with E-state index in [1.165, 1.54) is 19.2 Å². The first kappa shape index (κ1) is 23.7. The molecule has 0 unspecified atom stereocenters. The molecule has 3 aromatic rings. The zero-order chi connectivity index (χ0) is 23.9. The van der Waals surface area contributed by atoms with Crippen LogP contribution in [0.5, 0.6) is 17.2 Å². The van der Waals surface area contributed by atoms with E-state index in [9.17, 15) is 30.3 Å². The van der Waals surface area contributed by atoms with E-state index in [-0.39, 0.29) is 31.8 Å². The fourth-order valence-electron chi connectivity index (χ4n) is 3.53. The molecule has 1 fully saturated rings. The van der Waals surface area contributed by atoms with Gasteiger partial charge in [0, 0.05) is 17.7 Å². The molecule has 10 nitrogen and oxygen atoms in total. The predicted molar refractivity (Wildman–Crippen MR) is 123 cm³/mol. The standard InChI is InChI=1S/C22H21IO10/c1-30-10-4-2-9(3-5-10)12-6-11(25)16-13(31-12)7-14(17(23)19(16)27)32-22-21(29)20(28)18(26)15(8-24)33-22/h2-7,15,18,20-22,24,26-29H,8H2,1H3/t15-,18-,20+,21-,22-/m1/s1. The molecule has 176 valence electrons. The summed E-state index contributed by atoms with van der Waals surface area (Å²) in [6, 6.07) is 9.45. The topological polar surface area (TPSA) is 159 Å². The monoisotopic (exact) mass is 572 g/mol. The highest BCUT2D eigenvalue weighted by Crippen LogP contribution is 2.38. The van der Waals surface area contributed by atoms with E-state index in [1.54, 1.807) is 46.9 Å². The molecule has 1 aliphatic rings. The van der Waals surface area contributed by atoms with Crippen LogP contribution in [-0.2, 0) is 4.74 Å². The minimum absolute atomic E-state index is 0.0000366. The molecule has 1 saturated heterocycles. The number of rotatable bonds is 5. The molecule has 5 atom stereocenters. The molecule has 0 amide bonds.